The van der Waals surface area contributed by atoms with E-state index in [9.17, 15) is 5.26 Å². The van der Waals surface area contributed by atoms with Crippen LogP contribution in [0.25, 0.3) is 65.2 Å². The third-order valence-corrected chi connectivity index (χ3v) is 7.55. The molecule has 39 heavy (non-hydrogen) atoms. The predicted molar refractivity (Wildman–Crippen MR) is 163 cm³/mol. The van der Waals surface area contributed by atoms with Crippen molar-refractivity contribution < 1.29 is 0 Å². The number of pyridine rings is 2. The number of rotatable bonds is 0. The van der Waals surface area contributed by atoms with E-state index in [1.165, 1.54) is 10.8 Å². The maximum absolute atomic E-state index is 9.53. The molecule has 6 aromatic carbocycles. The molecule has 0 unspecified atom stereocenters. The minimum atomic E-state index is 0.705. The number of para-hydroxylation sites is 2. The zero-order chi connectivity index (χ0) is 26.3. The van der Waals surface area contributed by atoms with Gasteiger partial charge in [0.05, 0.1) is 32.7 Å². The summed E-state index contributed by atoms with van der Waals surface area (Å²) in [7, 11) is 0. The first-order chi connectivity index (χ1) is 19.2. The first kappa shape index (κ1) is 23.1. The van der Waals surface area contributed by atoms with Crippen LogP contribution in [-0.4, -0.2) is 9.97 Å². The Kier molecular flexibility index (Phi) is 5.55. The van der Waals surface area contributed by atoms with Crippen LogP contribution >= 0.6 is 11.6 Å². The lowest BCUT2D eigenvalue weighted by Crippen LogP contribution is -1.89. The van der Waals surface area contributed by atoms with E-state index in [4.69, 9.17) is 16.6 Å². The molecule has 0 saturated carbocycles. The van der Waals surface area contributed by atoms with E-state index >= 15 is 0 Å². The van der Waals surface area contributed by atoms with Crippen LogP contribution in [0, 0.1) is 11.3 Å². The second-order valence-corrected chi connectivity index (χ2v) is 9.87. The maximum Gasteiger partial charge on any atom is 0.101 e. The third kappa shape index (κ3) is 3.99. The number of benzene rings is 6. The lowest BCUT2D eigenvalue weighted by atomic mass is 10.0. The van der Waals surface area contributed by atoms with Gasteiger partial charge in [-0.3, -0.25) is 0 Å². The number of nitrogens with zero attached hydrogens (tertiary/aromatic N) is 3. The number of hydrogen-bond acceptors (Lipinski definition) is 3. The summed E-state index contributed by atoms with van der Waals surface area (Å²) in [6.45, 7) is 0. The van der Waals surface area contributed by atoms with Crippen LogP contribution in [-0.2, 0) is 0 Å². The Hall–Kier alpha value is -5.04. The highest BCUT2D eigenvalue weighted by Gasteiger charge is 2.10. The molecule has 8 aromatic rings. The highest BCUT2D eigenvalue weighted by Crippen LogP contribution is 2.33. The molecule has 0 atom stereocenters. The topological polar surface area (TPSA) is 49.6 Å². The summed E-state index contributed by atoms with van der Waals surface area (Å²) in [5.41, 5.74) is 4.33. The largest absolute Gasteiger partial charge is 0.248 e. The van der Waals surface area contributed by atoms with Crippen LogP contribution in [0.1, 0.15) is 5.56 Å². The van der Waals surface area contributed by atoms with Gasteiger partial charge in [-0.2, -0.15) is 5.26 Å². The van der Waals surface area contributed by atoms with Crippen molar-refractivity contribution in [2.24, 2.45) is 0 Å². The maximum atomic E-state index is 9.53. The fourth-order valence-corrected chi connectivity index (χ4v) is 5.54. The zero-order valence-corrected chi connectivity index (χ0v) is 21.5. The van der Waals surface area contributed by atoms with Crippen molar-refractivity contribution in [1.29, 1.82) is 5.26 Å². The lowest BCUT2D eigenvalue weighted by Gasteiger charge is -2.07. The third-order valence-electron chi connectivity index (χ3n) is 7.14. The minimum absolute atomic E-state index is 0.705. The van der Waals surface area contributed by atoms with Crippen molar-refractivity contribution in [1.82, 2.24) is 9.97 Å². The van der Waals surface area contributed by atoms with Crippen molar-refractivity contribution >= 4 is 76.8 Å². The number of nitriles is 1. The van der Waals surface area contributed by atoms with Gasteiger partial charge in [-0.05, 0) is 57.9 Å². The van der Waals surface area contributed by atoms with Crippen LogP contribution in [0.5, 0.6) is 0 Å². The van der Waals surface area contributed by atoms with Gasteiger partial charge < -0.3 is 0 Å². The van der Waals surface area contributed by atoms with Crippen LogP contribution in [0.15, 0.2) is 121 Å². The molecule has 182 valence electrons. The molecular formula is C35H20ClN3. The SMILES string of the molecule is Clc1c2ccccc2nc2cc3ccccc3cc12.N#Cc1c2ccccc2nc2cc3ccccc3cc12. The van der Waals surface area contributed by atoms with Gasteiger partial charge in [0.1, 0.15) is 6.07 Å². The van der Waals surface area contributed by atoms with Crippen molar-refractivity contribution in [3.05, 3.63) is 132 Å². The second-order valence-electron chi connectivity index (χ2n) is 9.49. The van der Waals surface area contributed by atoms with Crippen molar-refractivity contribution in [3.8, 4) is 6.07 Å². The molecule has 0 fully saturated rings. The second kappa shape index (κ2) is 9.36. The predicted octanol–water partition coefficient (Wildman–Crippen LogP) is 9.61. The summed E-state index contributed by atoms with van der Waals surface area (Å²) in [6, 6.07) is 42.9. The fourth-order valence-electron chi connectivity index (χ4n) is 5.23. The smallest absolute Gasteiger partial charge is 0.101 e. The summed E-state index contributed by atoms with van der Waals surface area (Å²) in [5, 5.41) is 18.8. The average Bonchev–Trinajstić information content (AvgIpc) is 2.98. The molecule has 0 bridgehead atoms. The lowest BCUT2D eigenvalue weighted by molar-refractivity contribution is 1.47. The first-order valence-corrected chi connectivity index (χ1v) is 13.1. The molecule has 3 nitrogen and oxygen atoms in total. The quantitative estimate of drug-likeness (QED) is 0.188. The van der Waals surface area contributed by atoms with Crippen LogP contribution in [0.2, 0.25) is 5.02 Å². The Morgan fingerprint density at radius 2 is 0.897 bits per heavy atom. The molecule has 0 aliphatic rings. The molecule has 8 rings (SSSR count). The first-order valence-electron chi connectivity index (χ1n) is 12.7. The van der Waals surface area contributed by atoms with Gasteiger partial charge in [0, 0.05) is 21.5 Å². The van der Waals surface area contributed by atoms with E-state index in [0.717, 1.165) is 59.4 Å². The zero-order valence-electron chi connectivity index (χ0n) is 20.8. The van der Waals surface area contributed by atoms with Crippen molar-refractivity contribution in [2.75, 3.05) is 0 Å². The van der Waals surface area contributed by atoms with Crippen molar-refractivity contribution in [2.45, 2.75) is 0 Å². The van der Waals surface area contributed by atoms with Gasteiger partial charge in [-0.25, -0.2) is 9.97 Å². The molecule has 0 spiro atoms. The monoisotopic (exact) mass is 517 g/mol. The summed E-state index contributed by atoms with van der Waals surface area (Å²) in [5.74, 6) is 0. The Bertz CT molecular complexity index is 2250. The van der Waals surface area contributed by atoms with Crippen LogP contribution in [0.3, 0.4) is 0 Å². The van der Waals surface area contributed by atoms with E-state index in [2.05, 4.69) is 59.6 Å². The molecule has 0 saturated heterocycles. The van der Waals surface area contributed by atoms with Gasteiger partial charge in [0.25, 0.3) is 0 Å². The molecule has 2 heterocycles. The van der Waals surface area contributed by atoms with Gasteiger partial charge in [-0.15, -0.1) is 0 Å². The molecule has 4 heteroatoms. The molecule has 0 aliphatic carbocycles. The fraction of sp³-hybridized carbons (Fsp3) is 0. The number of fused-ring (bicyclic) bond motifs is 6. The molecule has 0 radical (unpaired) electrons. The summed E-state index contributed by atoms with van der Waals surface area (Å²) < 4.78 is 0. The van der Waals surface area contributed by atoms with Gasteiger partial charge in [0.2, 0.25) is 0 Å². The Morgan fingerprint density at radius 3 is 1.49 bits per heavy atom. The molecule has 0 aliphatic heterocycles. The average molecular weight is 518 g/mol. The number of halogens is 1. The van der Waals surface area contributed by atoms with E-state index in [1.807, 2.05) is 72.8 Å². The Morgan fingerprint density at radius 1 is 0.462 bits per heavy atom. The normalized spacial score (nSPS) is 11.2. The highest BCUT2D eigenvalue weighted by atomic mass is 35.5. The van der Waals surface area contributed by atoms with E-state index < -0.39 is 0 Å². The Balaban J connectivity index is 0.000000130. The summed E-state index contributed by atoms with van der Waals surface area (Å²) >= 11 is 6.53. The standard InChI is InChI=1S/C18H10N2.C17H10ClN/c19-11-16-14-7-3-4-8-17(14)20-18-10-13-6-2-1-5-12(13)9-15(16)18;18-17-13-7-3-4-8-15(13)19-16-10-12-6-2-1-5-11(12)9-14(16)17/h1-10H;1-10H. The van der Waals surface area contributed by atoms with E-state index in [1.54, 1.807) is 0 Å². The van der Waals surface area contributed by atoms with E-state index in [0.29, 0.717) is 5.56 Å². The van der Waals surface area contributed by atoms with Crippen molar-refractivity contribution in [3.63, 3.8) is 0 Å². The van der Waals surface area contributed by atoms with Gasteiger partial charge >= 0.3 is 0 Å². The number of aromatic nitrogens is 2. The number of hydrogen-bond donors (Lipinski definition) is 0. The highest BCUT2D eigenvalue weighted by molar-refractivity contribution is 6.40. The minimum Gasteiger partial charge on any atom is -0.248 e. The molecule has 0 amide bonds. The van der Waals surface area contributed by atoms with Crippen LogP contribution in [0.4, 0.5) is 0 Å². The summed E-state index contributed by atoms with van der Waals surface area (Å²) in [4.78, 5) is 9.39. The Labute approximate surface area is 229 Å². The molecule has 2 aromatic heterocycles. The molecule has 0 N–H and O–H groups in total. The van der Waals surface area contributed by atoms with Crippen LogP contribution < -0.4 is 0 Å². The van der Waals surface area contributed by atoms with E-state index in [-0.39, 0.29) is 0 Å². The summed E-state index contributed by atoms with van der Waals surface area (Å²) in [6.07, 6.45) is 0. The van der Waals surface area contributed by atoms with Gasteiger partial charge in [-0.1, -0.05) is 96.5 Å². The molecular weight excluding hydrogens is 498 g/mol. The van der Waals surface area contributed by atoms with Gasteiger partial charge in [0.15, 0.2) is 0 Å².